The molecule has 4 rings (SSSR count). The molecule has 2 amide bonds. The maximum Gasteiger partial charge on any atom is 0.306 e. The number of aromatic nitrogens is 1. The van der Waals surface area contributed by atoms with Crippen molar-refractivity contribution in [1.29, 1.82) is 0 Å². The molecule has 1 heterocycles. The first-order chi connectivity index (χ1) is 21.5. The van der Waals surface area contributed by atoms with Crippen LogP contribution in [-0.4, -0.2) is 74.1 Å². The number of hydrogen-bond donors (Lipinski definition) is 2. The SMILES string of the molecule is COc1ccc(-c2cc(C(=O)NC(CCC(=O)OC3CCCCC3)C(=O)NCC(C)(C)CN(C)C)c3ccccc3n2)cc1C. The minimum atomic E-state index is -0.926. The molecule has 9 nitrogen and oxygen atoms in total. The number of pyridine rings is 1. The van der Waals surface area contributed by atoms with Crippen LogP contribution in [0.15, 0.2) is 48.5 Å². The Kier molecular flexibility index (Phi) is 11.6. The molecular weight excluding hydrogens is 568 g/mol. The van der Waals surface area contributed by atoms with Crippen molar-refractivity contribution in [2.45, 2.75) is 77.9 Å². The molecule has 2 aromatic carbocycles. The summed E-state index contributed by atoms with van der Waals surface area (Å²) in [7, 11) is 5.61. The van der Waals surface area contributed by atoms with E-state index in [1.54, 1.807) is 13.2 Å². The molecule has 242 valence electrons. The van der Waals surface area contributed by atoms with E-state index >= 15 is 0 Å². The van der Waals surface area contributed by atoms with Crippen molar-refractivity contribution in [3.8, 4) is 17.0 Å². The zero-order valence-corrected chi connectivity index (χ0v) is 27.6. The number of esters is 1. The second-order valence-corrected chi connectivity index (χ2v) is 13.2. The largest absolute Gasteiger partial charge is 0.496 e. The van der Waals surface area contributed by atoms with Crippen molar-refractivity contribution < 1.29 is 23.9 Å². The fourth-order valence-corrected chi connectivity index (χ4v) is 6.11. The van der Waals surface area contributed by atoms with Crippen molar-refractivity contribution >= 4 is 28.7 Å². The van der Waals surface area contributed by atoms with Crippen LogP contribution in [0.4, 0.5) is 0 Å². The van der Waals surface area contributed by atoms with Gasteiger partial charge in [0.2, 0.25) is 5.91 Å². The lowest BCUT2D eigenvalue weighted by molar-refractivity contribution is -0.150. The highest BCUT2D eigenvalue weighted by Gasteiger charge is 2.28. The summed E-state index contributed by atoms with van der Waals surface area (Å²) >= 11 is 0. The Hall–Kier alpha value is -3.98. The molecule has 45 heavy (non-hydrogen) atoms. The number of hydrogen-bond acceptors (Lipinski definition) is 7. The highest BCUT2D eigenvalue weighted by atomic mass is 16.5. The Bertz CT molecular complexity index is 1500. The van der Waals surface area contributed by atoms with Crippen LogP contribution < -0.4 is 15.4 Å². The van der Waals surface area contributed by atoms with Crippen LogP contribution in [0, 0.1) is 12.3 Å². The fraction of sp³-hybridized carbons (Fsp3) is 0.500. The van der Waals surface area contributed by atoms with Crippen molar-refractivity contribution in [3.05, 3.63) is 59.7 Å². The molecule has 0 spiro atoms. The summed E-state index contributed by atoms with van der Waals surface area (Å²) in [5.74, 6) is -0.311. The van der Waals surface area contributed by atoms with Gasteiger partial charge in [-0.1, -0.05) is 38.5 Å². The van der Waals surface area contributed by atoms with Gasteiger partial charge in [0.05, 0.1) is 23.9 Å². The second-order valence-electron chi connectivity index (χ2n) is 13.2. The first kappa shape index (κ1) is 33.9. The smallest absolute Gasteiger partial charge is 0.306 e. The molecule has 1 atom stereocenters. The highest BCUT2D eigenvalue weighted by molar-refractivity contribution is 6.08. The van der Waals surface area contributed by atoms with E-state index in [0.717, 1.165) is 55.5 Å². The summed E-state index contributed by atoms with van der Waals surface area (Å²) in [4.78, 5) is 47.2. The van der Waals surface area contributed by atoms with Gasteiger partial charge < -0.3 is 25.0 Å². The number of nitrogens with one attached hydrogen (secondary N) is 2. The molecular formula is C36H48N4O5. The lowest BCUT2D eigenvalue weighted by Crippen LogP contribution is -2.50. The molecule has 1 fully saturated rings. The molecule has 1 saturated carbocycles. The van der Waals surface area contributed by atoms with E-state index in [0.29, 0.717) is 28.7 Å². The van der Waals surface area contributed by atoms with E-state index in [-0.39, 0.29) is 36.2 Å². The van der Waals surface area contributed by atoms with E-state index in [9.17, 15) is 14.4 Å². The van der Waals surface area contributed by atoms with Gasteiger partial charge in [-0.3, -0.25) is 14.4 Å². The number of nitrogens with zero attached hydrogens (tertiary/aromatic N) is 2. The molecule has 0 saturated heterocycles. The van der Waals surface area contributed by atoms with E-state index in [1.165, 1.54) is 0 Å². The molecule has 1 aliphatic carbocycles. The summed E-state index contributed by atoms with van der Waals surface area (Å²) in [6.07, 6.45) is 5.11. The molecule has 0 bridgehead atoms. The summed E-state index contributed by atoms with van der Waals surface area (Å²) in [6.45, 7) is 7.30. The van der Waals surface area contributed by atoms with E-state index in [1.807, 2.05) is 63.5 Å². The van der Waals surface area contributed by atoms with Crippen LogP contribution in [0.2, 0.25) is 0 Å². The third-order valence-corrected chi connectivity index (χ3v) is 8.25. The van der Waals surface area contributed by atoms with Gasteiger partial charge in [0, 0.05) is 30.5 Å². The van der Waals surface area contributed by atoms with E-state index in [4.69, 9.17) is 14.5 Å². The van der Waals surface area contributed by atoms with Gasteiger partial charge in [0.1, 0.15) is 17.9 Å². The lowest BCUT2D eigenvalue weighted by atomic mass is 9.92. The zero-order chi connectivity index (χ0) is 32.6. The number of rotatable bonds is 13. The van der Waals surface area contributed by atoms with Crippen LogP contribution >= 0.6 is 0 Å². The van der Waals surface area contributed by atoms with Gasteiger partial charge >= 0.3 is 5.97 Å². The van der Waals surface area contributed by atoms with Gasteiger partial charge in [-0.25, -0.2) is 4.98 Å². The maximum atomic E-state index is 14.0. The van der Waals surface area contributed by atoms with E-state index < -0.39 is 11.9 Å². The molecule has 2 N–H and O–H groups in total. The van der Waals surface area contributed by atoms with Gasteiger partial charge in [-0.05, 0) is 94.4 Å². The second kappa shape index (κ2) is 15.3. The Morgan fingerprint density at radius 1 is 1.04 bits per heavy atom. The molecule has 1 unspecified atom stereocenters. The maximum absolute atomic E-state index is 14.0. The predicted octanol–water partition coefficient (Wildman–Crippen LogP) is 5.68. The molecule has 9 heteroatoms. The quantitative estimate of drug-likeness (QED) is 0.238. The molecule has 0 aliphatic heterocycles. The summed E-state index contributed by atoms with van der Waals surface area (Å²) in [6, 6.07) is 14.0. The van der Waals surface area contributed by atoms with Gasteiger partial charge in [0.25, 0.3) is 5.91 Å². The third kappa shape index (κ3) is 9.50. The van der Waals surface area contributed by atoms with Crippen molar-refractivity contribution in [3.63, 3.8) is 0 Å². The Labute approximate surface area is 267 Å². The monoisotopic (exact) mass is 616 g/mol. The average Bonchev–Trinajstić information content (AvgIpc) is 3.01. The molecule has 0 radical (unpaired) electrons. The van der Waals surface area contributed by atoms with Crippen LogP contribution in [0.25, 0.3) is 22.2 Å². The predicted molar refractivity (Wildman–Crippen MR) is 177 cm³/mol. The van der Waals surface area contributed by atoms with Crippen molar-refractivity contribution in [1.82, 2.24) is 20.5 Å². The molecule has 1 aliphatic rings. The van der Waals surface area contributed by atoms with Crippen LogP contribution in [0.5, 0.6) is 5.75 Å². The summed E-state index contributed by atoms with van der Waals surface area (Å²) in [5, 5.41) is 6.65. The topological polar surface area (TPSA) is 110 Å². The van der Waals surface area contributed by atoms with E-state index in [2.05, 4.69) is 29.4 Å². The number of aryl methyl sites for hydroxylation is 1. The number of carbonyl (C=O) groups excluding carboxylic acids is 3. The zero-order valence-electron chi connectivity index (χ0n) is 27.6. The van der Waals surface area contributed by atoms with Gasteiger partial charge in [-0.2, -0.15) is 0 Å². The first-order valence-corrected chi connectivity index (χ1v) is 15.9. The third-order valence-electron chi connectivity index (χ3n) is 8.25. The number of methoxy groups -OCH3 is 1. The first-order valence-electron chi connectivity index (χ1n) is 15.9. The number of ether oxygens (including phenoxy) is 2. The van der Waals surface area contributed by atoms with Gasteiger partial charge in [0.15, 0.2) is 0 Å². The Morgan fingerprint density at radius 2 is 1.78 bits per heavy atom. The standard InChI is InChI=1S/C36H48N4O5/c1-24-20-25(16-18-32(24)44-6)31-21-28(27-14-10-11-15-29(27)38-31)34(42)39-30(35(43)37-22-36(2,3)23-40(4)5)17-19-33(41)45-26-12-8-7-9-13-26/h10-11,14-16,18,20-21,26,30H,7-9,12-13,17,19,22-23H2,1-6H3,(H,37,43)(H,39,42). The minimum Gasteiger partial charge on any atom is -0.496 e. The summed E-state index contributed by atoms with van der Waals surface area (Å²) in [5.41, 5.74) is 3.30. The highest BCUT2D eigenvalue weighted by Crippen LogP contribution is 2.29. The van der Waals surface area contributed by atoms with Crippen LogP contribution in [0.3, 0.4) is 0 Å². The fourth-order valence-electron chi connectivity index (χ4n) is 6.11. The number of carbonyl (C=O) groups is 3. The summed E-state index contributed by atoms with van der Waals surface area (Å²) < 4.78 is 11.1. The number of fused-ring (bicyclic) bond motifs is 1. The lowest BCUT2D eigenvalue weighted by Gasteiger charge is -2.29. The number of benzene rings is 2. The van der Waals surface area contributed by atoms with Gasteiger partial charge in [-0.15, -0.1) is 0 Å². The Morgan fingerprint density at radius 3 is 2.47 bits per heavy atom. The van der Waals surface area contributed by atoms with Crippen LogP contribution in [0.1, 0.15) is 74.7 Å². The molecule has 3 aromatic rings. The minimum absolute atomic E-state index is 0.0312. The van der Waals surface area contributed by atoms with Crippen LogP contribution in [-0.2, 0) is 14.3 Å². The number of amides is 2. The van der Waals surface area contributed by atoms with Crippen molar-refractivity contribution in [2.75, 3.05) is 34.3 Å². The molecule has 1 aromatic heterocycles. The number of para-hydroxylation sites is 1. The normalized spacial score (nSPS) is 14.6. The average molecular weight is 617 g/mol. The Balaban J connectivity index is 1.58. The van der Waals surface area contributed by atoms with Crippen molar-refractivity contribution in [2.24, 2.45) is 5.41 Å².